The number of amides is 1. The minimum absolute atomic E-state index is 0.0341. The van der Waals surface area contributed by atoms with Gasteiger partial charge in [0.25, 0.3) is 11.7 Å². The highest BCUT2D eigenvalue weighted by molar-refractivity contribution is 6.46. The minimum atomic E-state index is -0.770. The maximum Gasteiger partial charge on any atom is 0.295 e. The van der Waals surface area contributed by atoms with Crippen LogP contribution in [0.5, 0.6) is 17.2 Å². The lowest BCUT2D eigenvalue weighted by Crippen LogP contribution is -2.32. The molecule has 186 valence electrons. The Morgan fingerprint density at radius 1 is 1.09 bits per heavy atom. The number of aliphatic hydroxyl groups excluding tert-OH is 1. The highest BCUT2D eigenvalue weighted by Crippen LogP contribution is 2.42. The fourth-order valence-electron chi connectivity index (χ4n) is 4.06. The second-order valence-corrected chi connectivity index (χ2v) is 8.39. The van der Waals surface area contributed by atoms with Gasteiger partial charge in [0.15, 0.2) is 11.5 Å². The molecular weight excluding hydrogens is 448 g/mol. The average molecular weight is 481 g/mol. The van der Waals surface area contributed by atoms with Gasteiger partial charge in [-0.2, -0.15) is 0 Å². The van der Waals surface area contributed by atoms with Gasteiger partial charge in [0.05, 0.1) is 25.8 Å². The molecular formula is C27H32N2O6. The van der Waals surface area contributed by atoms with E-state index in [1.807, 2.05) is 19.0 Å². The molecule has 1 amide bonds. The Bertz CT molecular complexity index is 1110. The zero-order chi connectivity index (χ0) is 25.5. The molecule has 0 saturated carbocycles. The maximum absolute atomic E-state index is 13.2. The van der Waals surface area contributed by atoms with Crippen LogP contribution in [0.2, 0.25) is 0 Å². The van der Waals surface area contributed by atoms with Crippen molar-refractivity contribution in [1.29, 1.82) is 0 Å². The van der Waals surface area contributed by atoms with Crippen molar-refractivity contribution in [1.82, 2.24) is 9.80 Å². The molecule has 0 radical (unpaired) electrons. The lowest BCUT2D eigenvalue weighted by molar-refractivity contribution is -0.139. The van der Waals surface area contributed by atoms with Gasteiger partial charge in [-0.3, -0.25) is 9.59 Å². The molecule has 0 bridgehead atoms. The smallest absolute Gasteiger partial charge is 0.295 e. The van der Waals surface area contributed by atoms with Crippen molar-refractivity contribution >= 4 is 17.4 Å². The molecule has 8 heteroatoms. The summed E-state index contributed by atoms with van der Waals surface area (Å²) in [7, 11) is 6.95. The van der Waals surface area contributed by atoms with Gasteiger partial charge >= 0.3 is 0 Å². The summed E-state index contributed by atoms with van der Waals surface area (Å²) in [5.41, 5.74) is 1.08. The highest BCUT2D eigenvalue weighted by Gasteiger charge is 2.46. The average Bonchev–Trinajstić information content (AvgIpc) is 3.11. The number of hydrogen-bond acceptors (Lipinski definition) is 7. The van der Waals surface area contributed by atoms with Crippen LogP contribution in [0.4, 0.5) is 0 Å². The Labute approximate surface area is 206 Å². The zero-order valence-electron chi connectivity index (χ0n) is 20.6. The molecule has 1 heterocycles. The number of rotatable bonds is 11. The summed E-state index contributed by atoms with van der Waals surface area (Å²) in [4.78, 5) is 29.8. The van der Waals surface area contributed by atoms with Crippen molar-refractivity contribution in [3.63, 3.8) is 0 Å². The topological polar surface area (TPSA) is 88.5 Å². The second kappa shape index (κ2) is 11.6. The van der Waals surface area contributed by atoms with Crippen molar-refractivity contribution in [3.05, 3.63) is 71.8 Å². The summed E-state index contributed by atoms with van der Waals surface area (Å²) < 4.78 is 16.3. The maximum atomic E-state index is 13.2. The number of Topliss-reactive ketones (excluding diaryl/α,β-unsaturated/α-hetero) is 1. The van der Waals surface area contributed by atoms with E-state index in [1.54, 1.807) is 48.5 Å². The number of benzene rings is 2. The quantitative estimate of drug-likeness (QED) is 0.227. The fraction of sp³-hybridized carbons (Fsp3) is 0.333. The van der Waals surface area contributed by atoms with Crippen molar-refractivity contribution in [2.45, 2.75) is 12.5 Å². The normalized spacial score (nSPS) is 17.1. The first kappa shape index (κ1) is 25.8. The zero-order valence-corrected chi connectivity index (χ0v) is 20.6. The fourth-order valence-corrected chi connectivity index (χ4v) is 4.06. The number of likely N-dealkylation sites (tertiary alicyclic amines) is 1. The number of carbonyl (C=O) groups is 2. The Hall–Kier alpha value is -3.78. The summed E-state index contributed by atoms with van der Waals surface area (Å²) in [6.07, 6.45) is 2.30. The SMILES string of the molecule is C=CCOc1ccc(/C(O)=C2/C(=O)C(=O)N(CCCN(C)C)C2c2ccc(OC)c(OC)c2)cc1. The third-order valence-electron chi connectivity index (χ3n) is 5.76. The van der Waals surface area contributed by atoms with Gasteiger partial charge in [0.2, 0.25) is 0 Å². The Balaban J connectivity index is 2.08. The number of ketones is 1. The van der Waals surface area contributed by atoms with E-state index >= 15 is 0 Å². The van der Waals surface area contributed by atoms with Crippen LogP contribution in [0.3, 0.4) is 0 Å². The molecule has 1 unspecified atom stereocenters. The van der Waals surface area contributed by atoms with Crippen LogP contribution in [0, 0.1) is 0 Å². The van der Waals surface area contributed by atoms with Gasteiger partial charge in [0, 0.05) is 12.1 Å². The van der Waals surface area contributed by atoms with Gasteiger partial charge in [0.1, 0.15) is 18.1 Å². The summed E-state index contributed by atoms with van der Waals surface area (Å²) in [6.45, 7) is 5.07. The molecule has 3 rings (SSSR count). The van der Waals surface area contributed by atoms with Gasteiger partial charge in [-0.15, -0.1) is 0 Å². The predicted molar refractivity (Wildman–Crippen MR) is 134 cm³/mol. The third-order valence-corrected chi connectivity index (χ3v) is 5.76. The highest BCUT2D eigenvalue weighted by atomic mass is 16.5. The van der Waals surface area contributed by atoms with Gasteiger partial charge in [-0.1, -0.05) is 18.7 Å². The van der Waals surface area contributed by atoms with E-state index in [0.717, 1.165) is 6.54 Å². The molecule has 35 heavy (non-hydrogen) atoms. The van der Waals surface area contributed by atoms with Crippen LogP contribution >= 0.6 is 0 Å². The van der Waals surface area contributed by atoms with Crippen LogP contribution in [-0.2, 0) is 9.59 Å². The molecule has 1 N–H and O–H groups in total. The first-order valence-electron chi connectivity index (χ1n) is 11.3. The Kier molecular flexibility index (Phi) is 8.54. The largest absolute Gasteiger partial charge is 0.507 e. The number of ether oxygens (including phenoxy) is 3. The molecule has 1 atom stereocenters. The van der Waals surface area contributed by atoms with E-state index < -0.39 is 17.7 Å². The van der Waals surface area contributed by atoms with E-state index in [-0.39, 0.29) is 11.3 Å². The molecule has 1 aliphatic heterocycles. The lowest BCUT2D eigenvalue weighted by atomic mass is 9.95. The molecule has 8 nitrogen and oxygen atoms in total. The predicted octanol–water partition coefficient (Wildman–Crippen LogP) is 3.64. The Morgan fingerprint density at radius 2 is 1.77 bits per heavy atom. The number of nitrogens with zero attached hydrogens (tertiary/aromatic N) is 2. The molecule has 2 aromatic rings. The van der Waals surface area contributed by atoms with Crippen LogP contribution in [-0.4, -0.2) is 74.6 Å². The summed E-state index contributed by atoms with van der Waals surface area (Å²) >= 11 is 0. The first-order valence-corrected chi connectivity index (χ1v) is 11.3. The monoisotopic (exact) mass is 480 g/mol. The van der Waals surface area contributed by atoms with Crippen molar-refractivity contribution < 1.29 is 28.9 Å². The first-order chi connectivity index (χ1) is 16.8. The van der Waals surface area contributed by atoms with E-state index in [2.05, 4.69) is 6.58 Å². The van der Waals surface area contributed by atoms with Crippen molar-refractivity contribution in [2.75, 3.05) is 48.0 Å². The summed E-state index contributed by atoms with van der Waals surface area (Å²) in [5.74, 6) is -0.0192. The van der Waals surface area contributed by atoms with E-state index in [0.29, 0.717) is 47.9 Å². The number of carbonyl (C=O) groups excluding carboxylic acids is 2. The summed E-state index contributed by atoms with van der Waals surface area (Å²) in [6, 6.07) is 11.1. The van der Waals surface area contributed by atoms with Crippen LogP contribution in [0.1, 0.15) is 23.6 Å². The molecule has 0 aliphatic carbocycles. The minimum Gasteiger partial charge on any atom is -0.507 e. The molecule has 1 saturated heterocycles. The molecule has 0 aromatic heterocycles. The van der Waals surface area contributed by atoms with Crippen LogP contribution in [0.25, 0.3) is 5.76 Å². The van der Waals surface area contributed by atoms with Crippen molar-refractivity contribution in [3.8, 4) is 17.2 Å². The van der Waals surface area contributed by atoms with E-state index in [4.69, 9.17) is 14.2 Å². The van der Waals surface area contributed by atoms with E-state index in [9.17, 15) is 14.7 Å². The van der Waals surface area contributed by atoms with Crippen molar-refractivity contribution in [2.24, 2.45) is 0 Å². The number of hydrogen-bond donors (Lipinski definition) is 1. The second-order valence-electron chi connectivity index (χ2n) is 8.39. The number of methoxy groups -OCH3 is 2. The van der Waals surface area contributed by atoms with Crippen LogP contribution in [0.15, 0.2) is 60.7 Å². The molecule has 1 aliphatic rings. The number of aliphatic hydroxyl groups is 1. The molecule has 1 fully saturated rings. The Morgan fingerprint density at radius 3 is 2.37 bits per heavy atom. The van der Waals surface area contributed by atoms with Gasteiger partial charge < -0.3 is 29.1 Å². The lowest BCUT2D eigenvalue weighted by Gasteiger charge is -2.26. The standard InChI is InChI=1S/C27H32N2O6/c1-6-16-35-20-11-8-18(9-12-20)25(30)23-24(19-10-13-21(33-4)22(17-19)34-5)29(27(32)26(23)31)15-7-14-28(2)3/h6,8-13,17,24,30H,1,7,14-16H2,2-5H3/b25-23-. The summed E-state index contributed by atoms with van der Waals surface area (Å²) in [5, 5.41) is 11.2. The molecule has 0 spiro atoms. The van der Waals surface area contributed by atoms with E-state index in [1.165, 1.54) is 19.1 Å². The third kappa shape index (κ3) is 5.66. The van der Waals surface area contributed by atoms with Gasteiger partial charge in [-0.25, -0.2) is 0 Å². The molecule has 2 aromatic carbocycles. The van der Waals surface area contributed by atoms with Gasteiger partial charge in [-0.05, 0) is 69.0 Å². The van der Waals surface area contributed by atoms with Crippen LogP contribution < -0.4 is 14.2 Å².